The van der Waals surface area contributed by atoms with Gasteiger partial charge in [0.25, 0.3) is 0 Å². The highest BCUT2D eigenvalue weighted by Crippen LogP contribution is 2.24. The maximum Gasteiger partial charge on any atom is 0.0933 e. The van der Waals surface area contributed by atoms with Crippen LogP contribution in [0.25, 0.3) is 0 Å². The first kappa shape index (κ1) is 14.3. The summed E-state index contributed by atoms with van der Waals surface area (Å²) in [6.07, 6.45) is -0.0766. The zero-order chi connectivity index (χ0) is 13.1. The van der Waals surface area contributed by atoms with Crippen molar-refractivity contribution in [3.63, 3.8) is 0 Å². The first-order chi connectivity index (χ1) is 8.60. The van der Waals surface area contributed by atoms with Gasteiger partial charge in [-0.3, -0.25) is 4.90 Å². The average molecular weight is 335 g/mol. The fourth-order valence-corrected chi connectivity index (χ4v) is 2.88. The molecule has 0 aromatic heterocycles. The molecule has 2 rings (SSSR count). The molecule has 0 bridgehead atoms. The summed E-state index contributed by atoms with van der Waals surface area (Å²) in [7, 11) is 0. The van der Waals surface area contributed by atoms with Gasteiger partial charge in [-0.15, -0.1) is 0 Å². The molecule has 1 saturated heterocycles. The highest BCUT2D eigenvalue weighted by atomic mass is 79.9. The van der Waals surface area contributed by atoms with Crippen molar-refractivity contribution in [2.24, 2.45) is 0 Å². The summed E-state index contributed by atoms with van der Waals surface area (Å²) in [6.45, 7) is 4.46. The monoisotopic (exact) mass is 333 g/mol. The van der Waals surface area contributed by atoms with Crippen molar-refractivity contribution >= 4 is 27.5 Å². The SMILES string of the molecule is CC1COC(CO)CN1Cc1ccc(Cl)cc1Br. The maximum atomic E-state index is 9.17. The molecule has 1 aromatic carbocycles. The van der Waals surface area contributed by atoms with Crippen LogP contribution in [-0.2, 0) is 11.3 Å². The molecule has 0 saturated carbocycles. The van der Waals surface area contributed by atoms with Gasteiger partial charge in [0.05, 0.1) is 19.3 Å². The standard InChI is InChI=1S/C13H17BrClNO2/c1-9-8-18-12(7-17)6-16(9)5-10-2-3-11(15)4-13(10)14/h2-4,9,12,17H,5-8H2,1H3. The summed E-state index contributed by atoms with van der Waals surface area (Å²) in [4.78, 5) is 2.32. The van der Waals surface area contributed by atoms with E-state index in [1.54, 1.807) is 0 Å². The predicted octanol–water partition coefficient (Wildman–Crippen LogP) is 2.68. The van der Waals surface area contributed by atoms with Crippen molar-refractivity contribution in [3.8, 4) is 0 Å². The zero-order valence-electron chi connectivity index (χ0n) is 10.3. The molecular formula is C13H17BrClNO2. The van der Waals surface area contributed by atoms with Crippen molar-refractivity contribution < 1.29 is 9.84 Å². The third-order valence-electron chi connectivity index (χ3n) is 3.23. The fourth-order valence-electron chi connectivity index (χ4n) is 2.07. The lowest BCUT2D eigenvalue weighted by atomic mass is 10.1. The maximum absolute atomic E-state index is 9.17. The molecule has 0 radical (unpaired) electrons. The number of ether oxygens (including phenoxy) is 1. The topological polar surface area (TPSA) is 32.7 Å². The van der Waals surface area contributed by atoms with Crippen LogP contribution in [0.2, 0.25) is 5.02 Å². The molecular weight excluding hydrogens is 318 g/mol. The van der Waals surface area contributed by atoms with Crippen LogP contribution < -0.4 is 0 Å². The van der Waals surface area contributed by atoms with E-state index in [9.17, 15) is 5.11 Å². The van der Waals surface area contributed by atoms with Gasteiger partial charge >= 0.3 is 0 Å². The number of halogens is 2. The molecule has 3 nitrogen and oxygen atoms in total. The molecule has 18 heavy (non-hydrogen) atoms. The molecule has 5 heteroatoms. The van der Waals surface area contributed by atoms with E-state index >= 15 is 0 Å². The predicted molar refractivity (Wildman–Crippen MR) is 75.8 cm³/mol. The molecule has 0 amide bonds. The Morgan fingerprint density at radius 3 is 3.00 bits per heavy atom. The third kappa shape index (κ3) is 3.45. The largest absolute Gasteiger partial charge is 0.394 e. The van der Waals surface area contributed by atoms with Gasteiger partial charge in [-0.25, -0.2) is 0 Å². The van der Waals surface area contributed by atoms with Crippen molar-refractivity contribution in [2.75, 3.05) is 19.8 Å². The normalized spacial score (nSPS) is 25.3. The fraction of sp³-hybridized carbons (Fsp3) is 0.538. The number of benzene rings is 1. The van der Waals surface area contributed by atoms with Crippen LogP contribution >= 0.6 is 27.5 Å². The summed E-state index contributed by atoms with van der Waals surface area (Å²) in [5.74, 6) is 0. The summed E-state index contributed by atoms with van der Waals surface area (Å²) in [5, 5.41) is 9.90. The molecule has 2 unspecified atom stereocenters. The van der Waals surface area contributed by atoms with Gasteiger partial charge in [-0.2, -0.15) is 0 Å². The molecule has 1 aromatic rings. The van der Waals surface area contributed by atoms with Gasteiger partial charge in [0.15, 0.2) is 0 Å². The van der Waals surface area contributed by atoms with Gasteiger partial charge < -0.3 is 9.84 Å². The number of aliphatic hydroxyl groups excluding tert-OH is 1. The van der Waals surface area contributed by atoms with Crippen molar-refractivity contribution in [2.45, 2.75) is 25.6 Å². The van der Waals surface area contributed by atoms with Crippen LogP contribution in [0.5, 0.6) is 0 Å². The van der Waals surface area contributed by atoms with Gasteiger partial charge in [-0.1, -0.05) is 33.6 Å². The van der Waals surface area contributed by atoms with E-state index in [1.165, 1.54) is 5.56 Å². The second-order valence-corrected chi connectivity index (χ2v) is 5.94. The lowest BCUT2D eigenvalue weighted by molar-refractivity contribution is -0.0806. The van der Waals surface area contributed by atoms with Crippen LogP contribution in [0.15, 0.2) is 22.7 Å². The Balaban J connectivity index is 2.07. The molecule has 2 atom stereocenters. The number of aliphatic hydroxyl groups is 1. The number of morpholine rings is 1. The van der Waals surface area contributed by atoms with Crippen molar-refractivity contribution in [1.29, 1.82) is 0 Å². The van der Waals surface area contributed by atoms with E-state index in [0.29, 0.717) is 12.6 Å². The molecule has 1 aliphatic rings. The Bertz CT molecular complexity index is 416. The van der Waals surface area contributed by atoms with Gasteiger partial charge in [0.2, 0.25) is 0 Å². The van der Waals surface area contributed by atoms with E-state index in [1.807, 2.05) is 18.2 Å². The van der Waals surface area contributed by atoms with E-state index in [0.717, 1.165) is 22.6 Å². The van der Waals surface area contributed by atoms with Crippen LogP contribution in [0, 0.1) is 0 Å². The molecule has 100 valence electrons. The zero-order valence-corrected chi connectivity index (χ0v) is 12.6. The lowest BCUT2D eigenvalue weighted by Gasteiger charge is -2.37. The van der Waals surface area contributed by atoms with Gasteiger partial charge in [0, 0.05) is 28.6 Å². The van der Waals surface area contributed by atoms with Crippen LogP contribution in [0.3, 0.4) is 0 Å². The number of rotatable bonds is 3. The molecule has 1 fully saturated rings. The molecule has 0 spiro atoms. The van der Waals surface area contributed by atoms with Crippen molar-refractivity contribution in [1.82, 2.24) is 4.90 Å². The Hall–Kier alpha value is -0.130. The molecule has 0 aliphatic carbocycles. The second kappa shape index (κ2) is 6.35. The van der Waals surface area contributed by atoms with E-state index in [4.69, 9.17) is 16.3 Å². The highest BCUT2D eigenvalue weighted by molar-refractivity contribution is 9.10. The van der Waals surface area contributed by atoms with Crippen molar-refractivity contribution in [3.05, 3.63) is 33.3 Å². The highest BCUT2D eigenvalue weighted by Gasteiger charge is 2.25. The first-order valence-electron chi connectivity index (χ1n) is 6.00. The second-order valence-electron chi connectivity index (χ2n) is 4.65. The minimum atomic E-state index is -0.0766. The summed E-state index contributed by atoms with van der Waals surface area (Å²) >= 11 is 9.47. The summed E-state index contributed by atoms with van der Waals surface area (Å²) in [6, 6.07) is 6.19. The molecule has 1 heterocycles. The smallest absolute Gasteiger partial charge is 0.0933 e. The van der Waals surface area contributed by atoms with E-state index < -0.39 is 0 Å². The van der Waals surface area contributed by atoms with Gasteiger partial charge in [-0.05, 0) is 24.6 Å². The number of nitrogens with zero attached hydrogens (tertiary/aromatic N) is 1. The van der Waals surface area contributed by atoms with E-state index in [-0.39, 0.29) is 12.7 Å². The van der Waals surface area contributed by atoms with Crippen LogP contribution in [0.4, 0.5) is 0 Å². The van der Waals surface area contributed by atoms with Gasteiger partial charge in [0.1, 0.15) is 0 Å². The van der Waals surface area contributed by atoms with Crippen LogP contribution in [-0.4, -0.2) is 41.9 Å². The van der Waals surface area contributed by atoms with Crippen LogP contribution in [0.1, 0.15) is 12.5 Å². The Morgan fingerprint density at radius 2 is 2.33 bits per heavy atom. The Labute approximate surface area is 121 Å². The lowest BCUT2D eigenvalue weighted by Crippen LogP contribution is -2.48. The summed E-state index contributed by atoms with van der Waals surface area (Å²) in [5.41, 5.74) is 1.20. The quantitative estimate of drug-likeness (QED) is 0.922. The first-order valence-corrected chi connectivity index (χ1v) is 7.17. The minimum absolute atomic E-state index is 0.0744. The van der Waals surface area contributed by atoms with E-state index in [2.05, 4.69) is 27.8 Å². The third-order valence-corrected chi connectivity index (χ3v) is 4.20. The number of hydrogen-bond donors (Lipinski definition) is 1. The Morgan fingerprint density at radius 1 is 1.56 bits per heavy atom. The Kier molecular flexibility index (Phi) is 5.04. The summed E-state index contributed by atoms with van der Waals surface area (Å²) < 4.78 is 6.55. The number of hydrogen-bond acceptors (Lipinski definition) is 3. The minimum Gasteiger partial charge on any atom is -0.394 e. The average Bonchev–Trinajstić information content (AvgIpc) is 2.35. The molecule has 1 aliphatic heterocycles. The molecule has 1 N–H and O–H groups in total.